The van der Waals surface area contributed by atoms with Gasteiger partial charge in [0.25, 0.3) is 0 Å². The Labute approximate surface area is 194 Å². The molecule has 0 saturated heterocycles. The van der Waals surface area contributed by atoms with E-state index in [-0.39, 0.29) is 31.5 Å². The van der Waals surface area contributed by atoms with E-state index >= 15 is 0 Å². The second kappa shape index (κ2) is 6.08. The first-order chi connectivity index (χ1) is 15.5. The summed E-state index contributed by atoms with van der Waals surface area (Å²) in [5.74, 6) is -0.244. The maximum absolute atomic E-state index is 12.8. The van der Waals surface area contributed by atoms with E-state index in [1.807, 2.05) is 16.0 Å². The predicted molar refractivity (Wildman–Crippen MR) is 131 cm³/mol. The minimum atomic E-state index is -0.180. The number of benzene rings is 2. The van der Waals surface area contributed by atoms with E-state index < -0.39 is 0 Å². The van der Waals surface area contributed by atoms with Gasteiger partial charge in [-0.1, -0.05) is 6.07 Å². The molecule has 2 aromatic carbocycles. The fourth-order valence-electron chi connectivity index (χ4n) is 5.28. The summed E-state index contributed by atoms with van der Waals surface area (Å²) in [5.41, 5.74) is 6.31. The van der Waals surface area contributed by atoms with E-state index in [2.05, 4.69) is 66.9 Å². The average Bonchev–Trinajstić information content (AvgIpc) is 3.54. The van der Waals surface area contributed by atoms with Crippen LogP contribution in [-0.2, 0) is 5.41 Å². The third-order valence-corrected chi connectivity index (χ3v) is 9.53. The third-order valence-electron chi connectivity index (χ3n) is 6.90. The molecule has 154 valence electrons. The van der Waals surface area contributed by atoms with Gasteiger partial charge in [0.1, 0.15) is 0 Å². The van der Waals surface area contributed by atoms with Crippen LogP contribution in [0.2, 0.25) is 0 Å². The number of thiophene rings is 1. The van der Waals surface area contributed by atoms with Crippen LogP contribution in [0.3, 0.4) is 0 Å². The molecule has 0 N–H and O–H groups in total. The summed E-state index contributed by atoms with van der Waals surface area (Å²) in [6.07, 6.45) is 1.81. The number of carbonyl (C=O) groups is 2. The monoisotopic (exact) mass is 499 g/mol. The molecule has 0 radical (unpaired) electrons. The van der Waals surface area contributed by atoms with Crippen molar-refractivity contribution in [3.63, 3.8) is 0 Å². The molecule has 32 heavy (non-hydrogen) atoms. The first-order valence-electron chi connectivity index (χ1n) is 10.5. The molecule has 2 aliphatic rings. The Morgan fingerprint density at radius 3 is 2.41 bits per heavy atom. The van der Waals surface area contributed by atoms with Crippen LogP contribution < -0.4 is 0 Å². The zero-order valence-electron chi connectivity index (χ0n) is 17.4. The van der Waals surface area contributed by atoms with Crippen LogP contribution in [0.5, 0.6) is 0 Å². The number of fused-ring (bicyclic) bond motifs is 6. The number of rotatable bonds is 1. The van der Waals surface area contributed by atoms with Crippen molar-refractivity contribution in [1.82, 2.24) is 4.57 Å². The molecule has 0 fully saturated rings. The van der Waals surface area contributed by atoms with Gasteiger partial charge in [0.2, 0.25) is 0 Å². The second-order valence-electron chi connectivity index (χ2n) is 8.96. The van der Waals surface area contributed by atoms with E-state index in [0.29, 0.717) is 16.7 Å². The SMILES string of the molecule is CC1(C)c2cc(C=C3C(=O)c4c[se]cc4C3=O)sc2-n2c3ccccc3c3cccc1c32. The standard InChI is InChI=1S/C27H17NO2SSe/c1-27(2)20-8-5-7-16-15-6-3-4-9-22(15)28(23(16)20)26-21(27)11-14(31-26)10-17-24(29)18-12-32-13-19(18)25(17)30/h3-13H,1-2H3. The summed E-state index contributed by atoms with van der Waals surface area (Å²) in [6.45, 7) is 4.53. The van der Waals surface area contributed by atoms with Gasteiger partial charge >= 0.3 is 189 Å². The average molecular weight is 498 g/mol. The molecule has 1 aliphatic carbocycles. The zero-order valence-corrected chi connectivity index (χ0v) is 20.0. The third kappa shape index (κ3) is 2.16. The molecule has 0 atom stereocenters. The minimum absolute atomic E-state index is 0.122. The van der Waals surface area contributed by atoms with Crippen LogP contribution in [0.4, 0.5) is 0 Å². The van der Waals surface area contributed by atoms with Gasteiger partial charge in [0, 0.05) is 0 Å². The van der Waals surface area contributed by atoms with Crippen molar-refractivity contribution < 1.29 is 9.59 Å². The molecule has 0 unspecified atom stereocenters. The molecule has 3 nitrogen and oxygen atoms in total. The van der Waals surface area contributed by atoms with Crippen molar-refractivity contribution in [1.29, 1.82) is 0 Å². The van der Waals surface area contributed by atoms with Crippen LogP contribution in [0.25, 0.3) is 32.9 Å². The van der Waals surface area contributed by atoms with Gasteiger partial charge in [-0.15, -0.1) is 0 Å². The Hall–Kier alpha value is -2.98. The van der Waals surface area contributed by atoms with Gasteiger partial charge < -0.3 is 0 Å². The first kappa shape index (κ1) is 18.6. The predicted octanol–water partition coefficient (Wildman–Crippen LogP) is 6.00. The van der Waals surface area contributed by atoms with Gasteiger partial charge in [-0.05, 0) is 0 Å². The Balaban J connectivity index is 1.51. The Morgan fingerprint density at radius 1 is 0.906 bits per heavy atom. The van der Waals surface area contributed by atoms with Crippen LogP contribution in [0, 0.1) is 0 Å². The Bertz CT molecular complexity index is 1660. The topological polar surface area (TPSA) is 39.1 Å². The van der Waals surface area contributed by atoms with Crippen molar-refractivity contribution in [2.24, 2.45) is 0 Å². The van der Waals surface area contributed by atoms with Crippen molar-refractivity contribution in [3.8, 4) is 5.00 Å². The molecule has 0 saturated carbocycles. The Kier molecular flexibility index (Phi) is 3.53. The Morgan fingerprint density at radius 2 is 1.62 bits per heavy atom. The number of para-hydroxylation sites is 2. The normalized spacial score (nSPS) is 16.1. The van der Waals surface area contributed by atoms with Gasteiger partial charge in [-0.25, -0.2) is 0 Å². The summed E-state index contributed by atoms with van der Waals surface area (Å²) in [6, 6.07) is 17.3. The summed E-state index contributed by atoms with van der Waals surface area (Å²) >= 11 is 1.79. The molecule has 0 amide bonds. The van der Waals surface area contributed by atoms with Crippen molar-refractivity contribution in [2.45, 2.75) is 19.3 Å². The second-order valence-corrected chi connectivity index (χ2v) is 11.6. The fraction of sp³-hybridized carbons (Fsp3) is 0.111. The summed E-state index contributed by atoms with van der Waals surface area (Å²) in [7, 11) is 0. The summed E-state index contributed by atoms with van der Waals surface area (Å²) < 4.78 is 2.37. The summed E-state index contributed by atoms with van der Waals surface area (Å²) in [5, 5.41) is 3.68. The molecule has 4 heterocycles. The van der Waals surface area contributed by atoms with Crippen LogP contribution >= 0.6 is 11.3 Å². The van der Waals surface area contributed by atoms with E-state index in [0.717, 1.165) is 4.88 Å². The van der Waals surface area contributed by atoms with Crippen LogP contribution in [0.15, 0.2) is 64.0 Å². The van der Waals surface area contributed by atoms with E-state index in [1.54, 1.807) is 11.3 Å². The number of Topliss-reactive ketones (excluding diaryl/α,β-unsaturated/α-hetero) is 2. The van der Waals surface area contributed by atoms with E-state index in [9.17, 15) is 9.59 Å². The zero-order chi connectivity index (χ0) is 21.8. The van der Waals surface area contributed by atoms with E-state index in [4.69, 9.17) is 0 Å². The molecule has 0 spiro atoms. The van der Waals surface area contributed by atoms with Gasteiger partial charge in [0.15, 0.2) is 0 Å². The van der Waals surface area contributed by atoms with Crippen molar-refractivity contribution in [3.05, 3.63) is 91.1 Å². The molecule has 0 bridgehead atoms. The number of nitrogens with zero attached hydrogens (tertiary/aromatic N) is 1. The number of hydrogen-bond acceptors (Lipinski definition) is 3. The van der Waals surface area contributed by atoms with Crippen LogP contribution in [-0.4, -0.2) is 30.6 Å². The quantitative estimate of drug-likeness (QED) is 0.162. The molecule has 1 aliphatic heterocycles. The molecule has 5 aromatic rings. The molecule has 3 aromatic heterocycles. The fourth-order valence-corrected chi connectivity index (χ4v) is 8.26. The number of allylic oxidation sites excluding steroid dienone is 1. The van der Waals surface area contributed by atoms with Crippen molar-refractivity contribution >= 4 is 65.3 Å². The van der Waals surface area contributed by atoms with Gasteiger partial charge in [0.05, 0.1) is 0 Å². The number of hydrogen-bond donors (Lipinski definition) is 0. The van der Waals surface area contributed by atoms with E-state index in [1.165, 1.54) is 37.9 Å². The molecule has 5 heteroatoms. The number of ketones is 2. The summed E-state index contributed by atoms with van der Waals surface area (Å²) in [4.78, 5) is 30.5. The molecule has 7 rings (SSSR count). The molecular weight excluding hydrogens is 481 g/mol. The van der Waals surface area contributed by atoms with Crippen molar-refractivity contribution in [2.75, 3.05) is 0 Å². The molecular formula is C27H17NO2SSe. The van der Waals surface area contributed by atoms with Crippen LogP contribution in [0.1, 0.15) is 50.6 Å². The van der Waals surface area contributed by atoms with Gasteiger partial charge in [-0.2, -0.15) is 0 Å². The first-order valence-corrected chi connectivity index (χ1v) is 13.3. The number of aromatic nitrogens is 1. The van der Waals surface area contributed by atoms with Gasteiger partial charge in [-0.3, -0.25) is 0 Å². The maximum atomic E-state index is 12.8. The number of carbonyl (C=O) groups excluding carboxylic acids is 2.